The van der Waals surface area contributed by atoms with Crippen molar-refractivity contribution in [2.24, 2.45) is 0 Å². The molecule has 0 saturated carbocycles. The molecule has 0 bridgehead atoms. The normalized spacial score (nSPS) is 11.5. The van der Waals surface area contributed by atoms with Gasteiger partial charge in [-0.25, -0.2) is 0 Å². The summed E-state index contributed by atoms with van der Waals surface area (Å²) < 4.78 is 11.2. The minimum absolute atomic E-state index is 0.497. The molecular formula is C18H19NO3. The summed E-state index contributed by atoms with van der Waals surface area (Å²) in [4.78, 5) is 0. The fourth-order valence-corrected chi connectivity index (χ4v) is 1.93. The van der Waals surface area contributed by atoms with Crippen molar-refractivity contribution < 1.29 is 14.6 Å². The largest absolute Gasteiger partial charge is 0.493 e. The molecule has 4 nitrogen and oxygen atoms in total. The van der Waals surface area contributed by atoms with Crippen molar-refractivity contribution in [1.29, 1.82) is 5.26 Å². The molecule has 0 aromatic heterocycles. The maximum atomic E-state index is 9.53. The average molecular weight is 297 g/mol. The van der Waals surface area contributed by atoms with Crippen molar-refractivity contribution in [1.82, 2.24) is 0 Å². The molecule has 0 heterocycles. The second-order valence-electron chi connectivity index (χ2n) is 4.94. The summed E-state index contributed by atoms with van der Waals surface area (Å²) in [6, 6.07) is 16.5. The molecule has 22 heavy (non-hydrogen) atoms. The molecule has 0 saturated heterocycles. The number of hydrogen-bond donors (Lipinski definition) is 1. The van der Waals surface area contributed by atoms with Gasteiger partial charge in [0.15, 0.2) is 0 Å². The van der Waals surface area contributed by atoms with Gasteiger partial charge in [0, 0.05) is 6.42 Å². The highest BCUT2D eigenvalue weighted by molar-refractivity contribution is 5.34. The van der Waals surface area contributed by atoms with E-state index in [9.17, 15) is 5.11 Å². The Labute approximate surface area is 130 Å². The molecule has 0 spiro atoms. The molecule has 2 rings (SSSR count). The predicted octanol–water partition coefficient (Wildman–Crippen LogP) is 3.46. The summed E-state index contributed by atoms with van der Waals surface area (Å²) in [5.74, 6) is 1.49. The minimum Gasteiger partial charge on any atom is -0.493 e. The van der Waals surface area contributed by atoms with Crippen LogP contribution in [0.1, 0.15) is 30.6 Å². The first-order valence-corrected chi connectivity index (χ1v) is 7.23. The summed E-state index contributed by atoms with van der Waals surface area (Å²) in [7, 11) is 0. The topological polar surface area (TPSA) is 62.5 Å². The number of hydrogen-bond acceptors (Lipinski definition) is 4. The van der Waals surface area contributed by atoms with Crippen molar-refractivity contribution in [3.63, 3.8) is 0 Å². The molecule has 0 aliphatic heterocycles. The number of rotatable bonds is 7. The Kier molecular flexibility index (Phi) is 5.81. The summed E-state index contributed by atoms with van der Waals surface area (Å²) in [6.07, 6.45) is 0.252. The third-order valence-corrected chi connectivity index (χ3v) is 3.15. The quantitative estimate of drug-likeness (QED) is 0.795. The van der Waals surface area contributed by atoms with Gasteiger partial charge in [-0.1, -0.05) is 12.1 Å². The Morgan fingerprint density at radius 1 is 1.05 bits per heavy atom. The van der Waals surface area contributed by atoms with Crippen LogP contribution < -0.4 is 9.47 Å². The van der Waals surface area contributed by atoms with Crippen LogP contribution in [-0.2, 0) is 0 Å². The number of nitrogens with zero attached hydrogens (tertiary/aromatic N) is 1. The Morgan fingerprint density at radius 3 is 2.36 bits per heavy atom. The molecular weight excluding hydrogens is 278 g/mol. The first-order chi connectivity index (χ1) is 10.7. The Balaban J connectivity index is 1.71. The lowest BCUT2D eigenvalue weighted by Gasteiger charge is -2.10. The van der Waals surface area contributed by atoms with Gasteiger partial charge in [0.2, 0.25) is 0 Å². The highest BCUT2D eigenvalue weighted by Gasteiger charge is 2.02. The molecule has 0 aliphatic rings. The Bertz CT molecular complexity index is 630. The Morgan fingerprint density at radius 2 is 1.73 bits per heavy atom. The maximum Gasteiger partial charge on any atom is 0.119 e. The number of benzene rings is 2. The van der Waals surface area contributed by atoms with Crippen molar-refractivity contribution in [3.8, 4) is 17.6 Å². The van der Waals surface area contributed by atoms with E-state index in [2.05, 4.69) is 6.07 Å². The second-order valence-corrected chi connectivity index (χ2v) is 4.94. The summed E-state index contributed by atoms with van der Waals surface area (Å²) in [5, 5.41) is 18.2. The van der Waals surface area contributed by atoms with Gasteiger partial charge >= 0.3 is 0 Å². The van der Waals surface area contributed by atoms with E-state index in [0.717, 1.165) is 23.5 Å². The Hall–Kier alpha value is -2.51. The van der Waals surface area contributed by atoms with Gasteiger partial charge in [0.25, 0.3) is 0 Å². The average Bonchev–Trinajstić information content (AvgIpc) is 2.55. The van der Waals surface area contributed by atoms with Crippen molar-refractivity contribution in [2.75, 3.05) is 13.2 Å². The predicted molar refractivity (Wildman–Crippen MR) is 83.8 cm³/mol. The van der Waals surface area contributed by atoms with E-state index < -0.39 is 6.10 Å². The standard InChI is InChI=1S/C18H19NO3/c1-14(20)16-4-2-5-18(12-16)22-11-3-10-21-17-8-6-15(13-19)7-9-17/h2,4-9,12,14,20H,3,10-11H2,1H3. The van der Waals surface area contributed by atoms with E-state index in [4.69, 9.17) is 14.7 Å². The third kappa shape index (κ3) is 4.80. The number of aliphatic hydroxyl groups is 1. The van der Waals surface area contributed by atoms with Crippen LogP contribution in [0.25, 0.3) is 0 Å². The first kappa shape index (κ1) is 15.9. The molecule has 1 atom stereocenters. The maximum absolute atomic E-state index is 9.53. The number of aliphatic hydroxyl groups excluding tert-OH is 1. The molecule has 114 valence electrons. The van der Waals surface area contributed by atoms with Gasteiger partial charge < -0.3 is 14.6 Å². The van der Waals surface area contributed by atoms with Crippen LogP contribution in [0.4, 0.5) is 0 Å². The zero-order valence-electron chi connectivity index (χ0n) is 12.5. The zero-order valence-corrected chi connectivity index (χ0v) is 12.5. The van der Waals surface area contributed by atoms with E-state index in [1.165, 1.54) is 0 Å². The van der Waals surface area contributed by atoms with E-state index in [-0.39, 0.29) is 0 Å². The molecule has 1 unspecified atom stereocenters. The fourth-order valence-electron chi connectivity index (χ4n) is 1.93. The number of nitriles is 1. The monoisotopic (exact) mass is 297 g/mol. The highest BCUT2D eigenvalue weighted by atomic mass is 16.5. The SMILES string of the molecule is CC(O)c1cccc(OCCCOc2ccc(C#N)cc2)c1. The fraction of sp³-hybridized carbons (Fsp3) is 0.278. The van der Waals surface area contributed by atoms with E-state index in [1.54, 1.807) is 31.2 Å². The molecule has 2 aromatic carbocycles. The van der Waals surface area contributed by atoms with Crippen LogP contribution >= 0.6 is 0 Å². The summed E-state index contributed by atoms with van der Waals surface area (Å²) in [6.45, 7) is 2.81. The minimum atomic E-state index is -0.497. The first-order valence-electron chi connectivity index (χ1n) is 7.23. The highest BCUT2D eigenvalue weighted by Crippen LogP contribution is 2.19. The van der Waals surface area contributed by atoms with Gasteiger partial charge in [-0.15, -0.1) is 0 Å². The smallest absolute Gasteiger partial charge is 0.119 e. The molecule has 2 aromatic rings. The molecule has 0 fully saturated rings. The van der Waals surface area contributed by atoms with Crippen LogP contribution in [0.2, 0.25) is 0 Å². The van der Waals surface area contributed by atoms with E-state index >= 15 is 0 Å². The lowest BCUT2D eigenvalue weighted by atomic mass is 10.1. The van der Waals surface area contributed by atoms with E-state index in [1.807, 2.05) is 24.3 Å². The zero-order chi connectivity index (χ0) is 15.8. The van der Waals surface area contributed by atoms with Gasteiger partial charge in [0.1, 0.15) is 11.5 Å². The van der Waals surface area contributed by atoms with Gasteiger partial charge in [-0.3, -0.25) is 0 Å². The van der Waals surface area contributed by atoms with Gasteiger partial charge in [-0.05, 0) is 48.9 Å². The van der Waals surface area contributed by atoms with Gasteiger partial charge in [0.05, 0.1) is 31.0 Å². The van der Waals surface area contributed by atoms with Crippen molar-refractivity contribution >= 4 is 0 Å². The molecule has 0 radical (unpaired) electrons. The summed E-state index contributed by atoms with van der Waals surface area (Å²) in [5.41, 5.74) is 1.46. The second kappa shape index (κ2) is 8.06. The summed E-state index contributed by atoms with van der Waals surface area (Å²) >= 11 is 0. The van der Waals surface area contributed by atoms with Crippen LogP contribution in [0.3, 0.4) is 0 Å². The molecule has 0 aliphatic carbocycles. The lowest BCUT2D eigenvalue weighted by Crippen LogP contribution is -2.05. The number of ether oxygens (including phenoxy) is 2. The molecule has 0 amide bonds. The van der Waals surface area contributed by atoms with Crippen LogP contribution in [0.15, 0.2) is 48.5 Å². The molecule has 1 N–H and O–H groups in total. The van der Waals surface area contributed by atoms with Crippen molar-refractivity contribution in [3.05, 3.63) is 59.7 Å². The lowest BCUT2D eigenvalue weighted by molar-refractivity contribution is 0.198. The third-order valence-electron chi connectivity index (χ3n) is 3.15. The van der Waals surface area contributed by atoms with E-state index in [0.29, 0.717) is 18.8 Å². The van der Waals surface area contributed by atoms with Crippen LogP contribution in [0, 0.1) is 11.3 Å². The van der Waals surface area contributed by atoms with Gasteiger partial charge in [-0.2, -0.15) is 5.26 Å². The molecule has 4 heteroatoms. The van der Waals surface area contributed by atoms with Crippen LogP contribution in [-0.4, -0.2) is 18.3 Å². The van der Waals surface area contributed by atoms with Crippen LogP contribution in [0.5, 0.6) is 11.5 Å². The van der Waals surface area contributed by atoms with Crippen molar-refractivity contribution in [2.45, 2.75) is 19.4 Å².